The predicted molar refractivity (Wildman–Crippen MR) is 198 cm³/mol. The van der Waals surface area contributed by atoms with Crippen LogP contribution in [0.15, 0.2) is 60.7 Å². The van der Waals surface area contributed by atoms with Gasteiger partial charge in [0.25, 0.3) is 0 Å². The Morgan fingerprint density at radius 1 is 0.520 bits per heavy atom. The molecule has 0 fully saturated rings. The molecule has 4 atom stereocenters. The van der Waals surface area contributed by atoms with Crippen molar-refractivity contribution in [1.82, 2.24) is 21.3 Å². The van der Waals surface area contributed by atoms with Gasteiger partial charge in [-0.3, -0.25) is 9.59 Å². The standard InChI is InChI=1S/C40H62N4O6/c1-5-31(3)35(43-39(47)49-29-33-23-17-15-18-24-33)37(45)41-27-21-13-11-9-7-8-10-12-14-22-28-42-38(46)36(32(4)6-2)44-40(48)50-30-34-25-19-16-20-26-34/h15-20,23-26,31-32,35-36H,5-14,21-22,27-30H2,1-4H3,(H,41,45)(H,42,46)(H,43,47)(H,44,48)/t31?,32?,35-,36?/m0/s1. The van der Waals surface area contributed by atoms with Crippen LogP contribution in [0.3, 0.4) is 0 Å². The highest BCUT2D eigenvalue weighted by atomic mass is 16.6. The molecule has 50 heavy (non-hydrogen) atoms. The molecule has 0 aliphatic carbocycles. The quantitative estimate of drug-likeness (QED) is 0.0784. The molecule has 2 aromatic rings. The van der Waals surface area contributed by atoms with E-state index in [4.69, 9.17) is 9.47 Å². The van der Waals surface area contributed by atoms with Crippen molar-refractivity contribution < 1.29 is 28.7 Å². The predicted octanol–water partition coefficient (Wildman–Crippen LogP) is 7.80. The summed E-state index contributed by atoms with van der Waals surface area (Å²) < 4.78 is 10.6. The fourth-order valence-electron chi connectivity index (χ4n) is 5.49. The lowest BCUT2D eigenvalue weighted by atomic mass is 9.98. The van der Waals surface area contributed by atoms with E-state index >= 15 is 0 Å². The number of ether oxygens (including phenoxy) is 2. The van der Waals surface area contributed by atoms with E-state index in [1.165, 1.54) is 25.7 Å². The van der Waals surface area contributed by atoms with E-state index in [1.54, 1.807) is 0 Å². The van der Waals surface area contributed by atoms with Gasteiger partial charge in [-0.2, -0.15) is 0 Å². The molecule has 10 nitrogen and oxygen atoms in total. The molecule has 4 N–H and O–H groups in total. The summed E-state index contributed by atoms with van der Waals surface area (Å²) in [5.41, 5.74) is 1.79. The van der Waals surface area contributed by atoms with Gasteiger partial charge in [0, 0.05) is 13.1 Å². The lowest BCUT2D eigenvalue weighted by Gasteiger charge is -2.23. The van der Waals surface area contributed by atoms with Gasteiger partial charge in [0.15, 0.2) is 0 Å². The van der Waals surface area contributed by atoms with Crippen LogP contribution in [0.2, 0.25) is 0 Å². The molecule has 0 aliphatic heterocycles. The first-order chi connectivity index (χ1) is 24.2. The first-order valence-corrected chi connectivity index (χ1v) is 18.7. The number of hydrogen-bond donors (Lipinski definition) is 4. The van der Waals surface area contributed by atoms with Crippen LogP contribution >= 0.6 is 0 Å². The Bertz CT molecular complexity index is 1130. The first kappa shape index (κ1) is 42.1. The SMILES string of the molecule is CCC(C)C(NC(=O)OCc1ccccc1)C(=O)NCCCCCCCCCCCCNC(=O)[C@@H](NC(=O)OCc1ccccc1)C(C)CC. The minimum absolute atomic E-state index is 0.00897. The Kier molecular flexibility index (Phi) is 21.7. The van der Waals surface area contributed by atoms with E-state index < -0.39 is 24.3 Å². The average Bonchev–Trinajstić information content (AvgIpc) is 3.14. The topological polar surface area (TPSA) is 135 Å². The van der Waals surface area contributed by atoms with Gasteiger partial charge in [-0.1, -0.05) is 153 Å². The van der Waals surface area contributed by atoms with E-state index in [-0.39, 0.29) is 36.9 Å². The van der Waals surface area contributed by atoms with Gasteiger partial charge in [-0.05, 0) is 35.8 Å². The summed E-state index contributed by atoms with van der Waals surface area (Å²) in [6, 6.07) is 17.7. The third-order valence-corrected chi connectivity index (χ3v) is 9.17. The van der Waals surface area contributed by atoms with Crippen molar-refractivity contribution in [2.75, 3.05) is 13.1 Å². The van der Waals surface area contributed by atoms with Crippen LogP contribution in [0.4, 0.5) is 9.59 Å². The molecule has 4 amide bonds. The first-order valence-electron chi connectivity index (χ1n) is 18.7. The fraction of sp³-hybridized carbons (Fsp3) is 0.600. The van der Waals surface area contributed by atoms with Crippen LogP contribution in [-0.4, -0.2) is 49.2 Å². The number of unbranched alkanes of at least 4 members (excludes halogenated alkanes) is 9. The fourth-order valence-corrected chi connectivity index (χ4v) is 5.49. The van der Waals surface area contributed by atoms with E-state index in [1.807, 2.05) is 88.4 Å². The van der Waals surface area contributed by atoms with Crippen molar-refractivity contribution in [3.05, 3.63) is 71.8 Å². The normalized spacial score (nSPS) is 13.3. The second kappa shape index (κ2) is 25.8. The Labute approximate surface area is 300 Å². The summed E-state index contributed by atoms with van der Waals surface area (Å²) in [6.07, 6.45) is 11.3. The zero-order valence-electron chi connectivity index (χ0n) is 30.8. The van der Waals surface area contributed by atoms with Gasteiger partial charge in [-0.25, -0.2) is 9.59 Å². The maximum Gasteiger partial charge on any atom is 0.408 e. The number of amides is 4. The third-order valence-electron chi connectivity index (χ3n) is 9.17. The van der Waals surface area contributed by atoms with Crippen molar-refractivity contribution in [1.29, 1.82) is 0 Å². The van der Waals surface area contributed by atoms with E-state index in [2.05, 4.69) is 21.3 Å². The van der Waals surface area contributed by atoms with Crippen LogP contribution < -0.4 is 21.3 Å². The lowest BCUT2D eigenvalue weighted by molar-refractivity contribution is -0.125. The molecule has 0 saturated carbocycles. The Balaban J connectivity index is 1.49. The highest BCUT2D eigenvalue weighted by molar-refractivity contribution is 5.86. The Morgan fingerprint density at radius 3 is 1.16 bits per heavy atom. The van der Waals surface area contributed by atoms with Gasteiger partial charge in [0.05, 0.1) is 0 Å². The molecule has 0 aromatic heterocycles. The lowest BCUT2D eigenvalue weighted by Crippen LogP contribution is -2.50. The van der Waals surface area contributed by atoms with Crippen LogP contribution in [-0.2, 0) is 32.3 Å². The van der Waals surface area contributed by atoms with E-state index in [0.717, 1.165) is 62.5 Å². The minimum Gasteiger partial charge on any atom is -0.445 e. The number of carbonyl (C=O) groups is 4. The molecule has 2 rings (SSSR count). The smallest absolute Gasteiger partial charge is 0.408 e. The molecule has 0 aliphatic rings. The third kappa shape index (κ3) is 18.1. The Morgan fingerprint density at radius 2 is 0.840 bits per heavy atom. The van der Waals surface area contributed by atoms with Crippen molar-refractivity contribution in [2.45, 2.75) is 130 Å². The monoisotopic (exact) mass is 694 g/mol. The number of rotatable bonds is 25. The molecule has 0 heterocycles. The van der Waals surface area contributed by atoms with Crippen LogP contribution in [0, 0.1) is 11.8 Å². The zero-order valence-corrected chi connectivity index (χ0v) is 30.8. The molecule has 0 bridgehead atoms. The van der Waals surface area contributed by atoms with Crippen LogP contribution in [0.1, 0.15) is 116 Å². The zero-order chi connectivity index (χ0) is 36.4. The number of nitrogens with one attached hydrogen (secondary N) is 4. The molecular weight excluding hydrogens is 632 g/mol. The van der Waals surface area contributed by atoms with Crippen molar-refractivity contribution in [3.63, 3.8) is 0 Å². The van der Waals surface area contributed by atoms with Crippen molar-refractivity contribution in [3.8, 4) is 0 Å². The molecule has 0 spiro atoms. The van der Waals surface area contributed by atoms with Crippen molar-refractivity contribution >= 4 is 24.0 Å². The molecule has 0 saturated heterocycles. The van der Waals surface area contributed by atoms with Gasteiger partial charge in [0.1, 0.15) is 25.3 Å². The number of benzene rings is 2. The van der Waals surface area contributed by atoms with Crippen LogP contribution in [0.25, 0.3) is 0 Å². The van der Waals surface area contributed by atoms with Crippen molar-refractivity contribution in [2.24, 2.45) is 11.8 Å². The van der Waals surface area contributed by atoms with Crippen LogP contribution in [0.5, 0.6) is 0 Å². The molecule has 2 aromatic carbocycles. The molecule has 278 valence electrons. The van der Waals surface area contributed by atoms with Gasteiger partial charge >= 0.3 is 12.2 Å². The van der Waals surface area contributed by atoms with E-state index in [0.29, 0.717) is 13.1 Å². The second-order valence-electron chi connectivity index (χ2n) is 13.3. The maximum absolute atomic E-state index is 12.8. The van der Waals surface area contributed by atoms with E-state index in [9.17, 15) is 19.2 Å². The largest absolute Gasteiger partial charge is 0.445 e. The summed E-state index contributed by atoms with van der Waals surface area (Å²) in [4.78, 5) is 50.4. The van der Waals surface area contributed by atoms with Gasteiger partial charge in [0.2, 0.25) is 11.8 Å². The maximum atomic E-state index is 12.8. The second-order valence-corrected chi connectivity index (χ2v) is 13.3. The summed E-state index contributed by atoms with van der Waals surface area (Å²) >= 11 is 0. The highest BCUT2D eigenvalue weighted by Gasteiger charge is 2.27. The molecule has 10 heteroatoms. The Hall–Kier alpha value is -4.08. The number of carbonyl (C=O) groups excluding carboxylic acids is 4. The molecular formula is C40H62N4O6. The summed E-state index contributed by atoms with van der Waals surface area (Å²) in [6.45, 7) is 9.43. The summed E-state index contributed by atoms with van der Waals surface area (Å²) in [7, 11) is 0. The van der Waals surface area contributed by atoms with Gasteiger partial charge < -0.3 is 30.7 Å². The minimum atomic E-state index is -0.626. The summed E-state index contributed by atoms with van der Waals surface area (Å²) in [5, 5.41) is 11.5. The highest BCUT2D eigenvalue weighted by Crippen LogP contribution is 2.13. The summed E-state index contributed by atoms with van der Waals surface area (Å²) in [5.74, 6) is -0.348. The average molecular weight is 695 g/mol. The number of alkyl carbamates (subject to hydrolysis) is 2. The molecule has 0 radical (unpaired) electrons. The number of hydrogen-bond acceptors (Lipinski definition) is 6. The van der Waals surface area contributed by atoms with Gasteiger partial charge in [-0.15, -0.1) is 0 Å². The molecule has 3 unspecified atom stereocenters.